The Bertz CT molecular complexity index is 128. The third-order valence-electron chi connectivity index (χ3n) is 2.03. The Balaban J connectivity index is 2.12. The summed E-state index contributed by atoms with van der Waals surface area (Å²) in [6.07, 6.45) is 4.48. The molecule has 0 aromatic carbocycles. The van der Waals surface area contributed by atoms with E-state index in [0.29, 0.717) is 19.1 Å². The smallest absolute Gasteiger partial charge is 0.259 e. The van der Waals surface area contributed by atoms with E-state index in [1.54, 1.807) is 6.29 Å². The number of hydrogen-bond acceptors (Lipinski definition) is 3. The summed E-state index contributed by atoms with van der Waals surface area (Å²) < 4.78 is 10.2. The zero-order chi connectivity index (χ0) is 8.81. The average molecular weight is 171 g/mol. The maximum atomic E-state index is 10.1. The Kier molecular flexibility index (Phi) is 4.25. The molecule has 0 amide bonds. The Morgan fingerprint density at radius 3 is 2.58 bits per heavy atom. The van der Waals surface area contributed by atoms with E-state index in [1.165, 1.54) is 12.8 Å². The van der Waals surface area contributed by atoms with Gasteiger partial charge in [-0.05, 0) is 6.42 Å². The molecule has 0 N–H and O–H groups in total. The highest BCUT2D eigenvalue weighted by molar-refractivity contribution is 5.54. The van der Waals surface area contributed by atoms with Crippen molar-refractivity contribution >= 4 is 6.29 Å². The Morgan fingerprint density at radius 1 is 1.42 bits per heavy atom. The lowest BCUT2D eigenvalue weighted by Gasteiger charge is -2.25. The van der Waals surface area contributed by atoms with Crippen LogP contribution in [0, 0.1) is 5.92 Å². The molecule has 69 valence electrons. The fraction of sp³-hybridized carbons (Fsp3) is 0.889. The Morgan fingerprint density at radius 2 is 2.08 bits per heavy atom. The van der Waals surface area contributed by atoms with Crippen LogP contribution in [0.25, 0.3) is 0 Å². The molecular formula is C9H15O3. The molecule has 3 heteroatoms. The van der Waals surface area contributed by atoms with Gasteiger partial charge in [0.1, 0.15) is 0 Å². The van der Waals surface area contributed by atoms with Gasteiger partial charge in [0.15, 0.2) is 0 Å². The van der Waals surface area contributed by atoms with Crippen LogP contribution in [0.3, 0.4) is 0 Å². The summed E-state index contributed by atoms with van der Waals surface area (Å²) in [5, 5.41) is 0. The molecule has 0 aromatic heterocycles. The predicted octanol–water partition coefficient (Wildman–Crippen LogP) is 1.28. The van der Waals surface area contributed by atoms with Gasteiger partial charge < -0.3 is 9.47 Å². The molecule has 0 spiro atoms. The van der Waals surface area contributed by atoms with Gasteiger partial charge in [-0.1, -0.05) is 19.8 Å². The van der Waals surface area contributed by atoms with Crippen LogP contribution in [0.4, 0.5) is 0 Å². The van der Waals surface area contributed by atoms with Gasteiger partial charge in [-0.3, -0.25) is 4.79 Å². The van der Waals surface area contributed by atoms with E-state index in [2.05, 4.69) is 6.92 Å². The zero-order valence-electron chi connectivity index (χ0n) is 7.41. The van der Waals surface area contributed by atoms with Crippen molar-refractivity contribution in [1.29, 1.82) is 0 Å². The van der Waals surface area contributed by atoms with Crippen molar-refractivity contribution in [3.63, 3.8) is 0 Å². The highest BCUT2D eigenvalue weighted by Gasteiger charge is 2.21. The van der Waals surface area contributed by atoms with Crippen LogP contribution in [-0.4, -0.2) is 25.8 Å². The number of unbranched alkanes of at least 4 members (excludes halogenated alkanes) is 1. The lowest BCUT2D eigenvalue weighted by molar-refractivity contribution is -0.164. The Hall–Kier alpha value is -0.410. The van der Waals surface area contributed by atoms with E-state index in [1.807, 2.05) is 0 Å². The molecule has 12 heavy (non-hydrogen) atoms. The molecule has 3 nitrogen and oxygen atoms in total. The summed E-state index contributed by atoms with van der Waals surface area (Å²) in [6.45, 7) is 3.44. The van der Waals surface area contributed by atoms with Crippen molar-refractivity contribution < 1.29 is 14.3 Å². The molecule has 1 radical (unpaired) electrons. The van der Waals surface area contributed by atoms with Crippen molar-refractivity contribution in [3.05, 3.63) is 0 Å². The third kappa shape index (κ3) is 2.91. The average Bonchev–Trinajstić information content (AvgIpc) is 2.15. The minimum absolute atomic E-state index is 0.467. The minimum atomic E-state index is -0.733. The van der Waals surface area contributed by atoms with Gasteiger partial charge >= 0.3 is 0 Å². The van der Waals surface area contributed by atoms with Crippen LogP contribution in [-0.2, 0) is 14.3 Å². The van der Waals surface area contributed by atoms with E-state index in [9.17, 15) is 4.79 Å². The number of rotatable bonds is 4. The molecule has 0 atom stereocenters. The van der Waals surface area contributed by atoms with Crippen LogP contribution in [0.1, 0.15) is 26.2 Å². The summed E-state index contributed by atoms with van der Waals surface area (Å²) in [7, 11) is 0. The molecule has 0 bridgehead atoms. The molecule has 1 rings (SSSR count). The first-order chi connectivity index (χ1) is 5.86. The molecule has 0 saturated carbocycles. The van der Waals surface area contributed by atoms with Gasteiger partial charge in [0.2, 0.25) is 6.29 Å². The SMILES string of the molecule is CCCCC1COC([C]=O)OC1. The Labute approximate surface area is 73.0 Å². The summed E-state index contributed by atoms with van der Waals surface area (Å²) in [4.78, 5) is 10.1. The molecule has 1 aliphatic rings. The predicted molar refractivity (Wildman–Crippen MR) is 44.4 cm³/mol. The van der Waals surface area contributed by atoms with Gasteiger partial charge in [-0.2, -0.15) is 0 Å². The lowest BCUT2D eigenvalue weighted by Crippen LogP contribution is -2.32. The second-order valence-corrected chi connectivity index (χ2v) is 3.12. The first kappa shape index (κ1) is 9.68. The van der Waals surface area contributed by atoms with Crippen molar-refractivity contribution in [2.45, 2.75) is 32.5 Å². The normalized spacial score (nSPS) is 30.1. The minimum Gasteiger partial charge on any atom is -0.345 e. The van der Waals surface area contributed by atoms with E-state index in [4.69, 9.17) is 9.47 Å². The van der Waals surface area contributed by atoms with Crippen molar-refractivity contribution in [2.24, 2.45) is 5.92 Å². The molecule has 1 saturated heterocycles. The first-order valence-electron chi connectivity index (χ1n) is 4.47. The van der Waals surface area contributed by atoms with Gasteiger partial charge in [-0.25, -0.2) is 0 Å². The van der Waals surface area contributed by atoms with Gasteiger partial charge in [0, 0.05) is 5.92 Å². The highest BCUT2D eigenvalue weighted by Crippen LogP contribution is 2.15. The maximum absolute atomic E-state index is 10.1. The second kappa shape index (κ2) is 5.27. The molecule has 0 aromatic rings. The third-order valence-corrected chi connectivity index (χ3v) is 2.03. The van der Waals surface area contributed by atoms with Crippen LogP contribution in [0.2, 0.25) is 0 Å². The molecule has 0 unspecified atom stereocenters. The maximum Gasteiger partial charge on any atom is 0.259 e. The van der Waals surface area contributed by atoms with E-state index in [0.717, 1.165) is 6.42 Å². The largest absolute Gasteiger partial charge is 0.345 e. The molecule has 1 fully saturated rings. The molecule has 1 heterocycles. The van der Waals surface area contributed by atoms with Crippen LogP contribution in [0.5, 0.6) is 0 Å². The zero-order valence-corrected chi connectivity index (χ0v) is 7.41. The number of hydrogen-bond donors (Lipinski definition) is 0. The monoisotopic (exact) mass is 171 g/mol. The van der Waals surface area contributed by atoms with Crippen molar-refractivity contribution in [3.8, 4) is 0 Å². The fourth-order valence-corrected chi connectivity index (χ4v) is 1.27. The first-order valence-corrected chi connectivity index (χ1v) is 4.47. The summed E-state index contributed by atoms with van der Waals surface area (Å²) in [6, 6.07) is 0. The highest BCUT2D eigenvalue weighted by atomic mass is 16.7. The van der Waals surface area contributed by atoms with Gasteiger partial charge in [0.05, 0.1) is 13.2 Å². The molecule has 0 aliphatic carbocycles. The fourth-order valence-electron chi connectivity index (χ4n) is 1.27. The number of carbonyl (C=O) groups excluding carboxylic acids is 1. The second-order valence-electron chi connectivity index (χ2n) is 3.12. The standard InChI is InChI=1S/C9H15O3/c1-2-3-4-8-6-11-9(5-10)12-7-8/h8-9H,2-4,6-7H2,1H3. The van der Waals surface area contributed by atoms with Crippen LogP contribution in [0.15, 0.2) is 0 Å². The lowest BCUT2D eigenvalue weighted by atomic mass is 10.0. The molecule has 1 aliphatic heterocycles. The summed E-state index contributed by atoms with van der Waals surface area (Å²) >= 11 is 0. The van der Waals surface area contributed by atoms with E-state index < -0.39 is 6.29 Å². The summed E-state index contributed by atoms with van der Waals surface area (Å²) in [5.74, 6) is 0.467. The van der Waals surface area contributed by atoms with Gasteiger partial charge in [-0.15, -0.1) is 0 Å². The van der Waals surface area contributed by atoms with Crippen molar-refractivity contribution in [1.82, 2.24) is 0 Å². The van der Waals surface area contributed by atoms with E-state index >= 15 is 0 Å². The van der Waals surface area contributed by atoms with Gasteiger partial charge in [0.25, 0.3) is 6.29 Å². The van der Waals surface area contributed by atoms with Crippen molar-refractivity contribution in [2.75, 3.05) is 13.2 Å². The van der Waals surface area contributed by atoms with Crippen LogP contribution < -0.4 is 0 Å². The van der Waals surface area contributed by atoms with E-state index in [-0.39, 0.29) is 0 Å². The summed E-state index contributed by atoms with van der Waals surface area (Å²) in [5.41, 5.74) is 0. The topological polar surface area (TPSA) is 35.5 Å². The van der Waals surface area contributed by atoms with Crippen LogP contribution >= 0.6 is 0 Å². The number of ether oxygens (including phenoxy) is 2. The quantitative estimate of drug-likeness (QED) is 0.639. The molecular weight excluding hydrogens is 156 g/mol.